The van der Waals surface area contributed by atoms with Gasteiger partial charge in [0.25, 0.3) is 0 Å². The number of hydrogen-bond acceptors (Lipinski definition) is 5. The van der Waals surface area contributed by atoms with Gasteiger partial charge in [0.05, 0.1) is 12.0 Å². The molecule has 0 aliphatic carbocycles. The number of ketones is 1. The quantitative estimate of drug-likeness (QED) is 0.819. The molecular weight excluding hydrogens is 282 g/mol. The van der Waals surface area contributed by atoms with Gasteiger partial charge in [0.1, 0.15) is 5.78 Å². The minimum atomic E-state index is -2.37. The number of Topliss-reactive ketones (excluding diaryl/α,β-unsaturated/α-hetero) is 1. The van der Waals surface area contributed by atoms with Crippen molar-refractivity contribution in [2.24, 2.45) is 5.92 Å². The zero-order valence-corrected chi connectivity index (χ0v) is 13.0. The Kier molecular flexibility index (Phi) is 4.07. The second kappa shape index (κ2) is 5.74. The molecule has 2 unspecified atom stereocenters. The molecule has 2 heterocycles. The first-order valence-electron chi connectivity index (χ1n) is 7.80. The molecule has 0 radical (unpaired) electrons. The van der Waals surface area contributed by atoms with Gasteiger partial charge in [-0.15, -0.1) is 0 Å². The molecule has 3 rings (SSSR count). The summed E-state index contributed by atoms with van der Waals surface area (Å²) in [6, 6.07) is 8.93. The van der Waals surface area contributed by atoms with Crippen LogP contribution in [0.25, 0.3) is 0 Å². The second-order valence-electron chi connectivity index (χ2n) is 6.47. The molecule has 1 aromatic rings. The lowest BCUT2D eigenvalue weighted by Crippen LogP contribution is -2.54. The van der Waals surface area contributed by atoms with Crippen LogP contribution in [-0.4, -0.2) is 46.1 Å². The van der Waals surface area contributed by atoms with Crippen LogP contribution in [-0.2, 0) is 15.5 Å². The van der Waals surface area contributed by atoms with Crippen molar-refractivity contribution in [3.63, 3.8) is 0 Å². The standard InChI is InChI=1S/C17H23NO4/c1-11(19)16-14-9-8-13(18(14)2)10-15(16)22-17(20,21)12-6-4-3-5-7-12/h3-7,13-16,20-21H,8-10H2,1-2H3/t13?,14?,15-,16+/m0/s1. The molecule has 2 fully saturated rings. The Labute approximate surface area is 130 Å². The molecule has 0 amide bonds. The topological polar surface area (TPSA) is 70.0 Å². The van der Waals surface area contributed by atoms with E-state index in [0.29, 0.717) is 12.5 Å². The van der Waals surface area contributed by atoms with Gasteiger partial charge in [0.2, 0.25) is 0 Å². The second-order valence-corrected chi connectivity index (χ2v) is 6.47. The molecular formula is C17H23NO4. The zero-order valence-electron chi connectivity index (χ0n) is 13.0. The van der Waals surface area contributed by atoms with E-state index in [1.807, 2.05) is 7.05 Å². The number of piperidine rings is 1. The Morgan fingerprint density at radius 3 is 2.59 bits per heavy atom. The molecule has 2 aliphatic heterocycles. The average Bonchev–Trinajstić information content (AvgIpc) is 2.72. The summed E-state index contributed by atoms with van der Waals surface area (Å²) in [5.41, 5.74) is 0.281. The lowest BCUT2D eigenvalue weighted by molar-refractivity contribution is -0.374. The lowest BCUT2D eigenvalue weighted by Gasteiger charge is -2.43. The number of nitrogens with zero attached hydrogens (tertiary/aromatic N) is 1. The molecule has 120 valence electrons. The molecule has 2 N–H and O–H groups in total. The van der Waals surface area contributed by atoms with E-state index in [4.69, 9.17) is 4.74 Å². The number of hydrogen-bond donors (Lipinski definition) is 2. The fourth-order valence-corrected chi connectivity index (χ4v) is 4.01. The number of fused-ring (bicyclic) bond motifs is 2. The van der Waals surface area contributed by atoms with Crippen LogP contribution in [0, 0.1) is 5.92 Å². The fraction of sp³-hybridized carbons (Fsp3) is 0.588. The molecule has 0 saturated carbocycles. The molecule has 0 aromatic heterocycles. The highest BCUT2D eigenvalue weighted by molar-refractivity contribution is 5.80. The summed E-state index contributed by atoms with van der Waals surface area (Å²) >= 11 is 0. The normalized spacial score (nSPS) is 32.2. The third kappa shape index (κ3) is 2.70. The molecule has 22 heavy (non-hydrogen) atoms. The average molecular weight is 305 g/mol. The molecule has 4 atom stereocenters. The van der Waals surface area contributed by atoms with Crippen molar-refractivity contribution in [3.05, 3.63) is 35.9 Å². The van der Waals surface area contributed by atoms with E-state index in [2.05, 4.69) is 4.90 Å². The van der Waals surface area contributed by atoms with Crippen LogP contribution in [0.1, 0.15) is 31.7 Å². The maximum atomic E-state index is 12.1. The Bertz CT molecular complexity index is 545. The molecule has 5 nitrogen and oxygen atoms in total. The van der Waals surface area contributed by atoms with Gasteiger partial charge in [-0.2, -0.15) is 0 Å². The predicted molar refractivity (Wildman–Crippen MR) is 80.8 cm³/mol. The third-order valence-electron chi connectivity index (χ3n) is 5.15. The van der Waals surface area contributed by atoms with Crippen LogP contribution in [0.4, 0.5) is 0 Å². The van der Waals surface area contributed by atoms with Crippen molar-refractivity contribution in [1.29, 1.82) is 0 Å². The van der Waals surface area contributed by atoms with Crippen molar-refractivity contribution in [2.45, 2.75) is 50.3 Å². The fourth-order valence-electron chi connectivity index (χ4n) is 4.01. The lowest BCUT2D eigenvalue weighted by atomic mass is 9.84. The van der Waals surface area contributed by atoms with Crippen molar-refractivity contribution in [1.82, 2.24) is 4.90 Å². The van der Waals surface area contributed by atoms with Crippen LogP contribution in [0.3, 0.4) is 0 Å². The summed E-state index contributed by atoms with van der Waals surface area (Å²) < 4.78 is 5.63. The third-order valence-corrected chi connectivity index (χ3v) is 5.15. The van der Waals surface area contributed by atoms with Crippen molar-refractivity contribution in [3.8, 4) is 0 Å². The summed E-state index contributed by atoms with van der Waals surface area (Å²) in [7, 11) is 2.04. The highest BCUT2D eigenvalue weighted by Crippen LogP contribution is 2.41. The van der Waals surface area contributed by atoms with Gasteiger partial charge in [-0.05, 0) is 33.2 Å². The van der Waals surface area contributed by atoms with E-state index in [1.165, 1.54) is 0 Å². The minimum absolute atomic E-state index is 0.0473. The molecule has 2 aliphatic rings. The minimum Gasteiger partial charge on any atom is -0.340 e. The number of ether oxygens (including phenoxy) is 1. The van der Waals surface area contributed by atoms with Crippen molar-refractivity contribution < 1.29 is 19.7 Å². The zero-order chi connectivity index (χ0) is 15.9. The van der Waals surface area contributed by atoms with Crippen LogP contribution < -0.4 is 0 Å². The van der Waals surface area contributed by atoms with E-state index >= 15 is 0 Å². The van der Waals surface area contributed by atoms with E-state index in [9.17, 15) is 15.0 Å². The van der Waals surface area contributed by atoms with E-state index < -0.39 is 12.1 Å². The molecule has 2 bridgehead atoms. The Balaban J connectivity index is 1.83. The predicted octanol–water partition coefficient (Wildman–Crippen LogP) is 1.24. The first-order valence-corrected chi connectivity index (χ1v) is 7.80. The monoisotopic (exact) mass is 305 g/mol. The Morgan fingerprint density at radius 1 is 1.27 bits per heavy atom. The highest BCUT2D eigenvalue weighted by atomic mass is 16.8. The summed E-state index contributed by atoms with van der Waals surface area (Å²) in [5.74, 6) is -2.63. The maximum Gasteiger partial charge on any atom is 0.307 e. The SMILES string of the molecule is CC(=O)[C@@H]1C2CCC(C[C@@H]1OC(O)(O)c1ccccc1)N2C. The smallest absolute Gasteiger partial charge is 0.307 e. The molecule has 0 spiro atoms. The largest absolute Gasteiger partial charge is 0.340 e. The molecule has 1 aromatic carbocycles. The van der Waals surface area contributed by atoms with Crippen molar-refractivity contribution in [2.75, 3.05) is 7.05 Å². The Hall–Kier alpha value is -1.27. The number of aliphatic hydroxyl groups is 2. The van der Waals surface area contributed by atoms with Crippen LogP contribution in [0.15, 0.2) is 30.3 Å². The molecule has 5 heteroatoms. The van der Waals surface area contributed by atoms with Gasteiger partial charge in [-0.1, -0.05) is 30.3 Å². The first kappa shape index (κ1) is 15.6. The summed E-state index contributed by atoms with van der Waals surface area (Å²) in [6.45, 7) is 1.56. The number of carbonyl (C=O) groups is 1. The number of rotatable bonds is 4. The first-order chi connectivity index (χ1) is 10.4. The number of benzene rings is 1. The molecule has 2 saturated heterocycles. The Morgan fingerprint density at radius 2 is 1.95 bits per heavy atom. The number of carbonyl (C=O) groups excluding carboxylic acids is 1. The summed E-state index contributed by atoms with van der Waals surface area (Å²) in [5, 5.41) is 20.6. The van der Waals surface area contributed by atoms with E-state index in [0.717, 1.165) is 12.8 Å². The summed E-state index contributed by atoms with van der Waals surface area (Å²) in [6.07, 6.45) is 2.16. The van der Waals surface area contributed by atoms with Gasteiger partial charge in [-0.3, -0.25) is 9.69 Å². The van der Waals surface area contributed by atoms with Gasteiger partial charge < -0.3 is 14.9 Å². The highest BCUT2D eigenvalue weighted by Gasteiger charge is 2.50. The van der Waals surface area contributed by atoms with E-state index in [1.54, 1.807) is 37.3 Å². The maximum absolute atomic E-state index is 12.1. The van der Waals surface area contributed by atoms with Crippen molar-refractivity contribution >= 4 is 5.78 Å². The van der Waals surface area contributed by atoms with Crippen LogP contribution in [0.5, 0.6) is 0 Å². The van der Waals surface area contributed by atoms with Gasteiger partial charge >= 0.3 is 5.97 Å². The van der Waals surface area contributed by atoms with Crippen LogP contribution in [0.2, 0.25) is 0 Å². The van der Waals surface area contributed by atoms with Gasteiger partial charge in [0.15, 0.2) is 0 Å². The van der Waals surface area contributed by atoms with Gasteiger partial charge in [-0.25, -0.2) is 0 Å². The summed E-state index contributed by atoms with van der Waals surface area (Å²) in [4.78, 5) is 14.3. The van der Waals surface area contributed by atoms with Gasteiger partial charge in [0, 0.05) is 17.6 Å². The van der Waals surface area contributed by atoms with E-state index in [-0.39, 0.29) is 23.3 Å². The van der Waals surface area contributed by atoms with Crippen LogP contribution >= 0.6 is 0 Å².